The first kappa shape index (κ1) is 14.7. The fourth-order valence-electron chi connectivity index (χ4n) is 1.72. The SMILES string of the molecule is CC(OCCCCCC(=O)NN)c1ccccc1. The molecule has 0 aliphatic heterocycles. The van der Waals surface area contributed by atoms with E-state index in [2.05, 4.69) is 24.5 Å². The number of amides is 1. The molecule has 1 atom stereocenters. The monoisotopic (exact) mass is 250 g/mol. The molecule has 1 aromatic rings. The lowest BCUT2D eigenvalue weighted by Gasteiger charge is -2.13. The van der Waals surface area contributed by atoms with Crippen molar-refractivity contribution in [2.75, 3.05) is 6.61 Å². The summed E-state index contributed by atoms with van der Waals surface area (Å²) < 4.78 is 5.74. The van der Waals surface area contributed by atoms with Crippen LogP contribution in [0.2, 0.25) is 0 Å². The second-order valence-electron chi connectivity index (χ2n) is 4.30. The Morgan fingerprint density at radius 3 is 2.67 bits per heavy atom. The van der Waals surface area contributed by atoms with Gasteiger partial charge < -0.3 is 4.74 Å². The lowest BCUT2D eigenvalue weighted by Crippen LogP contribution is -2.29. The van der Waals surface area contributed by atoms with Crippen LogP contribution in [-0.4, -0.2) is 12.5 Å². The third-order valence-electron chi connectivity index (χ3n) is 2.85. The van der Waals surface area contributed by atoms with Crippen molar-refractivity contribution in [1.82, 2.24) is 5.43 Å². The van der Waals surface area contributed by atoms with Gasteiger partial charge in [0, 0.05) is 13.0 Å². The highest BCUT2D eigenvalue weighted by atomic mass is 16.5. The summed E-state index contributed by atoms with van der Waals surface area (Å²) in [5.74, 6) is 4.89. The average molecular weight is 250 g/mol. The lowest BCUT2D eigenvalue weighted by molar-refractivity contribution is -0.121. The number of benzene rings is 1. The van der Waals surface area contributed by atoms with Crippen molar-refractivity contribution in [2.45, 2.75) is 38.7 Å². The van der Waals surface area contributed by atoms with E-state index in [0.29, 0.717) is 6.42 Å². The van der Waals surface area contributed by atoms with E-state index >= 15 is 0 Å². The minimum absolute atomic E-state index is 0.103. The van der Waals surface area contributed by atoms with E-state index in [9.17, 15) is 4.79 Å². The van der Waals surface area contributed by atoms with E-state index in [-0.39, 0.29) is 12.0 Å². The molecule has 0 aliphatic carbocycles. The average Bonchev–Trinajstić information content (AvgIpc) is 2.43. The Morgan fingerprint density at radius 1 is 1.28 bits per heavy atom. The molecule has 100 valence electrons. The second-order valence-corrected chi connectivity index (χ2v) is 4.30. The molecule has 0 aliphatic rings. The predicted octanol–water partition coefficient (Wildman–Crippen LogP) is 2.31. The van der Waals surface area contributed by atoms with Crippen LogP contribution in [0.3, 0.4) is 0 Å². The van der Waals surface area contributed by atoms with Crippen LogP contribution in [-0.2, 0) is 9.53 Å². The van der Waals surface area contributed by atoms with Gasteiger partial charge in [-0.3, -0.25) is 10.2 Å². The summed E-state index contributed by atoms with van der Waals surface area (Å²) in [4.78, 5) is 10.9. The van der Waals surface area contributed by atoms with Gasteiger partial charge in [-0.2, -0.15) is 0 Å². The van der Waals surface area contributed by atoms with Gasteiger partial charge in [0.15, 0.2) is 0 Å². The van der Waals surface area contributed by atoms with Crippen molar-refractivity contribution >= 4 is 5.91 Å². The van der Waals surface area contributed by atoms with Crippen LogP contribution in [0.4, 0.5) is 0 Å². The third-order valence-corrected chi connectivity index (χ3v) is 2.85. The number of nitrogens with one attached hydrogen (secondary N) is 1. The summed E-state index contributed by atoms with van der Waals surface area (Å²) in [7, 11) is 0. The first-order valence-corrected chi connectivity index (χ1v) is 6.40. The van der Waals surface area contributed by atoms with Gasteiger partial charge in [-0.15, -0.1) is 0 Å². The highest BCUT2D eigenvalue weighted by molar-refractivity contribution is 5.74. The Balaban J connectivity index is 2.06. The molecule has 0 fully saturated rings. The second kappa shape index (κ2) is 8.66. The van der Waals surface area contributed by atoms with Crippen LogP contribution >= 0.6 is 0 Å². The molecule has 1 unspecified atom stereocenters. The van der Waals surface area contributed by atoms with Crippen LogP contribution in [0.15, 0.2) is 30.3 Å². The Labute approximate surface area is 108 Å². The normalized spacial score (nSPS) is 12.1. The van der Waals surface area contributed by atoms with Crippen LogP contribution < -0.4 is 11.3 Å². The van der Waals surface area contributed by atoms with Crippen molar-refractivity contribution in [3.05, 3.63) is 35.9 Å². The number of hydrogen-bond acceptors (Lipinski definition) is 3. The molecule has 0 heterocycles. The first-order chi connectivity index (χ1) is 8.74. The van der Waals surface area contributed by atoms with Crippen molar-refractivity contribution in [2.24, 2.45) is 5.84 Å². The summed E-state index contributed by atoms with van der Waals surface area (Å²) in [5, 5.41) is 0. The fraction of sp³-hybridized carbons (Fsp3) is 0.500. The molecule has 0 saturated heterocycles. The van der Waals surface area contributed by atoms with Crippen molar-refractivity contribution < 1.29 is 9.53 Å². The molecule has 4 nitrogen and oxygen atoms in total. The Morgan fingerprint density at radius 2 is 2.00 bits per heavy atom. The number of carbonyl (C=O) groups excluding carboxylic acids is 1. The molecule has 1 aromatic carbocycles. The summed E-state index contributed by atoms with van der Waals surface area (Å²) in [6.45, 7) is 2.78. The van der Waals surface area contributed by atoms with Crippen molar-refractivity contribution in [3.63, 3.8) is 0 Å². The molecule has 0 bridgehead atoms. The van der Waals surface area contributed by atoms with Gasteiger partial charge in [0.1, 0.15) is 0 Å². The zero-order chi connectivity index (χ0) is 13.2. The highest BCUT2D eigenvalue weighted by Gasteiger charge is 2.04. The molecule has 0 radical (unpaired) electrons. The number of hydrogen-bond donors (Lipinski definition) is 2. The van der Waals surface area contributed by atoms with Crippen molar-refractivity contribution in [1.29, 1.82) is 0 Å². The number of carbonyl (C=O) groups is 1. The molecule has 1 amide bonds. The lowest BCUT2D eigenvalue weighted by atomic mass is 10.1. The maximum atomic E-state index is 10.9. The maximum Gasteiger partial charge on any atom is 0.233 e. The smallest absolute Gasteiger partial charge is 0.233 e. The molecular formula is C14H22N2O2. The molecule has 18 heavy (non-hydrogen) atoms. The number of hydrazine groups is 1. The minimum atomic E-state index is -0.103. The zero-order valence-corrected chi connectivity index (χ0v) is 10.9. The van der Waals surface area contributed by atoms with Gasteiger partial charge in [-0.05, 0) is 25.3 Å². The molecule has 1 rings (SSSR count). The Bertz CT molecular complexity index is 341. The van der Waals surface area contributed by atoms with E-state index in [0.717, 1.165) is 25.9 Å². The van der Waals surface area contributed by atoms with Gasteiger partial charge in [0.25, 0.3) is 0 Å². The predicted molar refractivity (Wildman–Crippen MR) is 71.6 cm³/mol. The number of unbranched alkanes of at least 4 members (excludes halogenated alkanes) is 2. The number of nitrogens with two attached hydrogens (primary N) is 1. The zero-order valence-electron chi connectivity index (χ0n) is 10.9. The fourth-order valence-corrected chi connectivity index (χ4v) is 1.72. The molecule has 0 spiro atoms. The Kier molecular flexibility index (Phi) is 7.06. The van der Waals surface area contributed by atoms with E-state index in [1.54, 1.807) is 0 Å². The molecule has 0 aromatic heterocycles. The Hall–Kier alpha value is -1.39. The van der Waals surface area contributed by atoms with Gasteiger partial charge in [0.05, 0.1) is 6.10 Å². The minimum Gasteiger partial charge on any atom is -0.374 e. The highest BCUT2D eigenvalue weighted by Crippen LogP contribution is 2.16. The van der Waals surface area contributed by atoms with Crippen LogP contribution in [0.1, 0.15) is 44.3 Å². The topological polar surface area (TPSA) is 64.3 Å². The summed E-state index contributed by atoms with van der Waals surface area (Å²) in [5.41, 5.74) is 3.32. The van der Waals surface area contributed by atoms with Gasteiger partial charge in [0.2, 0.25) is 5.91 Å². The van der Waals surface area contributed by atoms with E-state index < -0.39 is 0 Å². The van der Waals surface area contributed by atoms with Crippen molar-refractivity contribution in [3.8, 4) is 0 Å². The quantitative estimate of drug-likeness (QED) is 0.322. The molecule has 4 heteroatoms. The molecular weight excluding hydrogens is 228 g/mol. The summed E-state index contributed by atoms with van der Waals surface area (Å²) >= 11 is 0. The van der Waals surface area contributed by atoms with E-state index in [4.69, 9.17) is 10.6 Å². The molecule has 3 N–H and O–H groups in total. The van der Waals surface area contributed by atoms with Crippen LogP contribution in [0.25, 0.3) is 0 Å². The molecule has 0 saturated carbocycles. The number of rotatable bonds is 8. The van der Waals surface area contributed by atoms with Gasteiger partial charge in [-0.25, -0.2) is 5.84 Å². The van der Waals surface area contributed by atoms with Crippen LogP contribution in [0, 0.1) is 0 Å². The van der Waals surface area contributed by atoms with E-state index in [1.165, 1.54) is 5.56 Å². The summed E-state index contributed by atoms with van der Waals surface area (Å²) in [6.07, 6.45) is 3.42. The van der Waals surface area contributed by atoms with Gasteiger partial charge in [-0.1, -0.05) is 36.8 Å². The first-order valence-electron chi connectivity index (χ1n) is 6.40. The summed E-state index contributed by atoms with van der Waals surface area (Å²) in [6, 6.07) is 10.2. The van der Waals surface area contributed by atoms with Gasteiger partial charge >= 0.3 is 0 Å². The van der Waals surface area contributed by atoms with Crippen LogP contribution in [0.5, 0.6) is 0 Å². The van der Waals surface area contributed by atoms with E-state index in [1.807, 2.05) is 18.2 Å². The number of ether oxygens (including phenoxy) is 1. The third kappa shape index (κ3) is 5.80. The standard InChI is InChI=1S/C14H22N2O2/c1-12(13-8-4-2-5-9-13)18-11-7-3-6-10-14(17)16-15/h2,4-5,8-9,12H,3,6-7,10-11,15H2,1H3,(H,16,17). The largest absolute Gasteiger partial charge is 0.374 e. The maximum absolute atomic E-state index is 10.9.